The Labute approximate surface area is 142 Å². The molecule has 20 heavy (non-hydrogen) atoms. The summed E-state index contributed by atoms with van der Waals surface area (Å²) >= 11 is 15.0. The van der Waals surface area contributed by atoms with E-state index in [0.717, 1.165) is 44.9 Å². The van der Waals surface area contributed by atoms with E-state index in [2.05, 4.69) is 28.7 Å². The van der Waals surface area contributed by atoms with E-state index in [1.54, 1.807) is 0 Å². The summed E-state index contributed by atoms with van der Waals surface area (Å²) in [7, 11) is 0. The average Bonchev–Trinajstić information content (AvgIpc) is 2.49. The van der Waals surface area contributed by atoms with Crippen LogP contribution < -0.4 is 4.74 Å². The van der Waals surface area contributed by atoms with Crippen LogP contribution in [0.25, 0.3) is 0 Å². The SMILES string of the molecule is Clc1cc(C(Cl)c2ccc3c(c2)CCCO3)ccc1I. The number of halogens is 3. The third-order valence-electron chi connectivity index (χ3n) is 3.46. The molecule has 0 bridgehead atoms. The Balaban J connectivity index is 1.93. The summed E-state index contributed by atoms with van der Waals surface area (Å²) in [6.07, 6.45) is 2.12. The van der Waals surface area contributed by atoms with E-state index in [-0.39, 0.29) is 5.38 Å². The number of alkyl halides is 1. The van der Waals surface area contributed by atoms with Crippen molar-refractivity contribution in [1.82, 2.24) is 0 Å². The van der Waals surface area contributed by atoms with Gasteiger partial charge in [0, 0.05) is 3.57 Å². The van der Waals surface area contributed by atoms with Crippen molar-refractivity contribution in [3.63, 3.8) is 0 Å². The molecule has 0 spiro atoms. The summed E-state index contributed by atoms with van der Waals surface area (Å²) in [6, 6.07) is 12.2. The van der Waals surface area contributed by atoms with Crippen LogP contribution in [0.15, 0.2) is 36.4 Å². The first-order chi connectivity index (χ1) is 9.65. The molecular formula is C16H13Cl2IO. The van der Waals surface area contributed by atoms with E-state index < -0.39 is 0 Å². The van der Waals surface area contributed by atoms with Gasteiger partial charge in [-0.15, -0.1) is 11.6 Å². The highest BCUT2D eigenvalue weighted by Crippen LogP contribution is 2.35. The van der Waals surface area contributed by atoms with Gasteiger partial charge in [0.15, 0.2) is 0 Å². The van der Waals surface area contributed by atoms with Gasteiger partial charge in [0.1, 0.15) is 5.75 Å². The van der Waals surface area contributed by atoms with Gasteiger partial charge in [0.05, 0.1) is 17.0 Å². The molecule has 1 aliphatic heterocycles. The lowest BCUT2D eigenvalue weighted by Gasteiger charge is -2.19. The molecule has 2 aromatic carbocycles. The minimum Gasteiger partial charge on any atom is -0.493 e. The Morgan fingerprint density at radius 1 is 1.10 bits per heavy atom. The number of hydrogen-bond donors (Lipinski definition) is 0. The molecule has 0 amide bonds. The molecule has 2 aromatic rings. The number of benzene rings is 2. The van der Waals surface area contributed by atoms with Gasteiger partial charge in [-0.1, -0.05) is 29.8 Å². The summed E-state index contributed by atoms with van der Waals surface area (Å²) in [6.45, 7) is 0.809. The van der Waals surface area contributed by atoms with Crippen LogP contribution in [0.2, 0.25) is 5.02 Å². The summed E-state index contributed by atoms with van der Waals surface area (Å²) in [5.41, 5.74) is 3.36. The fraction of sp³-hybridized carbons (Fsp3) is 0.250. The molecule has 0 radical (unpaired) electrons. The Morgan fingerprint density at radius 3 is 2.65 bits per heavy atom. The van der Waals surface area contributed by atoms with E-state index in [9.17, 15) is 0 Å². The van der Waals surface area contributed by atoms with Crippen molar-refractivity contribution in [1.29, 1.82) is 0 Å². The molecule has 0 aromatic heterocycles. The zero-order valence-electron chi connectivity index (χ0n) is 10.7. The summed E-state index contributed by atoms with van der Waals surface area (Å²) < 4.78 is 6.67. The highest BCUT2D eigenvalue weighted by Gasteiger charge is 2.16. The topological polar surface area (TPSA) is 9.23 Å². The van der Waals surface area contributed by atoms with Crippen LogP contribution in [-0.4, -0.2) is 6.61 Å². The second kappa shape index (κ2) is 6.12. The average molecular weight is 419 g/mol. The molecule has 3 rings (SSSR count). The van der Waals surface area contributed by atoms with Crippen LogP contribution in [0, 0.1) is 3.57 Å². The van der Waals surface area contributed by atoms with Crippen molar-refractivity contribution < 1.29 is 4.74 Å². The van der Waals surface area contributed by atoms with Crippen LogP contribution in [0.5, 0.6) is 5.75 Å². The molecule has 104 valence electrons. The van der Waals surface area contributed by atoms with E-state index in [0.29, 0.717) is 0 Å². The molecule has 1 nitrogen and oxygen atoms in total. The maximum atomic E-state index is 6.60. The predicted octanol–water partition coefficient (Wildman–Crippen LogP) is 5.60. The quantitative estimate of drug-likeness (QED) is 0.455. The van der Waals surface area contributed by atoms with Gasteiger partial charge in [0.25, 0.3) is 0 Å². The zero-order chi connectivity index (χ0) is 14.1. The van der Waals surface area contributed by atoms with Gasteiger partial charge in [0.2, 0.25) is 0 Å². The normalized spacial score (nSPS) is 15.3. The van der Waals surface area contributed by atoms with E-state index >= 15 is 0 Å². The van der Waals surface area contributed by atoms with Crippen molar-refractivity contribution in [3.8, 4) is 5.75 Å². The maximum Gasteiger partial charge on any atom is 0.122 e. The van der Waals surface area contributed by atoms with Gasteiger partial charge in [-0.2, -0.15) is 0 Å². The Hall–Kier alpha value is -0.450. The van der Waals surface area contributed by atoms with E-state index in [1.165, 1.54) is 5.56 Å². The van der Waals surface area contributed by atoms with Crippen molar-refractivity contribution >= 4 is 45.8 Å². The minimum absolute atomic E-state index is 0.184. The summed E-state index contributed by atoms with van der Waals surface area (Å²) in [5, 5.41) is 0.562. The molecule has 0 saturated heterocycles. The Kier molecular flexibility index (Phi) is 4.43. The standard InChI is InChI=1S/C16H13Cl2IO/c17-13-9-12(3-5-14(13)19)16(18)11-4-6-15-10(8-11)2-1-7-20-15/h3-6,8-9,16H,1-2,7H2. The lowest BCUT2D eigenvalue weighted by atomic mass is 9.99. The first kappa shape index (κ1) is 14.5. The molecule has 1 atom stereocenters. The second-order valence-corrected chi connectivity index (χ2v) is 6.86. The number of hydrogen-bond acceptors (Lipinski definition) is 1. The molecule has 1 heterocycles. The van der Waals surface area contributed by atoms with Crippen molar-refractivity contribution in [2.75, 3.05) is 6.61 Å². The highest BCUT2D eigenvalue weighted by atomic mass is 127. The largest absolute Gasteiger partial charge is 0.493 e. The third-order valence-corrected chi connectivity index (χ3v) is 5.54. The summed E-state index contributed by atoms with van der Waals surface area (Å²) in [5.74, 6) is 0.990. The number of rotatable bonds is 2. The molecule has 0 N–H and O–H groups in total. The molecule has 1 aliphatic rings. The molecule has 0 fully saturated rings. The minimum atomic E-state index is -0.184. The molecular weight excluding hydrogens is 406 g/mol. The number of aryl methyl sites for hydroxylation is 1. The van der Waals surface area contributed by atoms with E-state index in [4.69, 9.17) is 27.9 Å². The predicted molar refractivity (Wildman–Crippen MR) is 92.1 cm³/mol. The van der Waals surface area contributed by atoms with Gasteiger partial charge in [-0.05, 0) is 70.3 Å². The van der Waals surface area contributed by atoms with Crippen molar-refractivity contribution in [2.45, 2.75) is 18.2 Å². The van der Waals surface area contributed by atoms with Crippen LogP contribution >= 0.6 is 45.8 Å². The molecule has 0 saturated carbocycles. The van der Waals surface area contributed by atoms with Crippen LogP contribution in [0.1, 0.15) is 28.5 Å². The maximum absolute atomic E-state index is 6.60. The van der Waals surface area contributed by atoms with Crippen LogP contribution in [-0.2, 0) is 6.42 Å². The second-order valence-electron chi connectivity index (χ2n) is 4.86. The fourth-order valence-electron chi connectivity index (χ4n) is 2.40. The molecule has 0 aliphatic carbocycles. The highest BCUT2D eigenvalue weighted by molar-refractivity contribution is 14.1. The van der Waals surface area contributed by atoms with E-state index in [1.807, 2.05) is 30.3 Å². The molecule has 1 unspecified atom stereocenters. The molecule has 4 heteroatoms. The van der Waals surface area contributed by atoms with Gasteiger partial charge >= 0.3 is 0 Å². The summed E-state index contributed by atoms with van der Waals surface area (Å²) in [4.78, 5) is 0. The Bertz CT molecular complexity index is 642. The zero-order valence-corrected chi connectivity index (χ0v) is 14.4. The van der Waals surface area contributed by atoms with Crippen molar-refractivity contribution in [3.05, 3.63) is 61.7 Å². The fourth-order valence-corrected chi connectivity index (χ4v) is 3.20. The van der Waals surface area contributed by atoms with Gasteiger partial charge in [-0.25, -0.2) is 0 Å². The van der Waals surface area contributed by atoms with Crippen LogP contribution in [0.3, 0.4) is 0 Å². The van der Waals surface area contributed by atoms with Gasteiger partial charge < -0.3 is 4.74 Å². The lowest BCUT2D eigenvalue weighted by molar-refractivity contribution is 0.288. The lowest BCUT2D eigenvalue weighted by Crippen LogP contribution is -2.09. The third kappa shape index (κ3) is 2.92. The first-order valence-corrected chi connectivity index (χ1v) is 8.39. The monoisotopic (exact) mass is 418 g/mol. The van der Waals surface area contributed by atoms with Crippen LogP contribution in [0.4, 0.5) is 0 Å². The number of ether oxygens (including phenoxy) is 1. The van der Waals surface area contributed by atoms with Gasteiger partial charge in [-0.3, -0.25) is 0 Å². The first-order valence-electron chi connectivity index (χ1n) is 6.50. The Morgan fingerprint density at radius 2 is 1.85 bits per heavy atom. The van der Waals surface area contributed by atoms with Crippen molar-refractivity contribution in [2.24, 2.45) is 0 Å². The smallest absolute Gasteiger partial charge is 0.122 e. The number of fused-ring (bicyclic) bond motifs is 1.